The number of hydrogen-bond donors (Lipinski definition) is 1. The van der Waals surface area contributed by atoms with Gasteiger partial charge in [-0.2, -0.15) is 0 Å². The normalized spacial score (nSPS) is 10.7. The number of methoxy groups -OCH3 is 1. The van der Waals surface area contributed by atoms with E-state index in [0.717, 1.165) is 5.56 Å². The first-order valence-electron chi connectivity index (χ1n) is 5.60. The quantitative estimate of drug-likeness (QED) is 0.878. The number of phenols is 1. The summed E-state index contributed by atoms with van der Waals surface area (Å²) >= 11 is 5.78. The van der Waals surface area contributed by atoms with Crippen LogP contribution >= 0.6 is 11.6 Å². The number of benzene rings is 1. The van der Waals surface area contributed by atoms with Gasteiger partial charge in [-0.05, 0) is 18.6 Å². The van der Waals surface area contributed by atoms with Crippen molar-refractivity contribution < 1.29 is 14.3 Å². The van der Waals surface area contributed by atoms with Gasteiger partial charge in [-0.15, -0.1) is 0 Å². The van der Waals surface area contributed by atoms with Crippen LogP contribution in [0.15, 0.2) is 33.0 Å². The Kier molecular flexibility index (Phi) is 3.53. The smallest absolute Gasteiger partial charge is 0.336 e. The maximum atomic E-state index is 11.4. The topological polar surface area (TPSA) is 59.7 Å². The van der Waals surface area contributed by atoms with E-state index in [1.807, 2.05) is 0 Å². The van der Waals surface area contributed by atoms with Gasteiger partial charge in [-0.3, -0.25) is 0 Å². The summed E-state index contributed by atoms with van der Waals surface area (Å²) in [5.74, 6) is 0.0387. The van der Waals surface area contributed by atoms with E-state index in [4.69, 9.17) is 20.8 Å². The summed E-state index contributed by atoms with van der Waals surface area (Å²) in [7, 11) is 1.40. The highest BCUT2D eigenvalue weighted by Gasteiger charge is 2.17. The summed E-state index contributed by atoms with van der Waals surface area (Å²) in [6, 6.07) is 3.11. The van der Waals surface area contributed by atoms with Crippen LogP contribution in [0.3, 0.4) is 0 Å². The largest absolute Gasteiger partial charge is 0.504 e. The van der Waals surface area contributed by atoms with E-state index in [0.29, 0.717) is 22.4 Å². The molecule has 19 heavy (non-hydrogen) atoms. The monoisotopic (exact) mass is 280 g/mol. The summed E-state index contributed by atoms with van der Waals surface area (Å²) in [4.78, 5) is 11.4. The molecule has 1 heterocycles. The summed E-state index contributed by atoms with van der Waals surface area (Å²) in [5, 5.41) is 11.2. The Labute approximate surface area is 114 Å². The molecular weight excluding hydrogens is 268 g/mol. The van der Waals surface area contributed by atoms with Gasteiger partial charge in [0.2, 0.25) is 5.75 Å². The third kappa shape index (κ3) is 2.44. The van der Waals surface area contributed by atoms with Crippen molar-refractivity contribution in [1.82, 2.24) is 0 Å². The fourth-order valence-corrected chi connectivity index (χ4v) is 2.14. The van der Waals surface area contributed by atoms with Crippen LogP contribution in [0.2, 0.25) is 0 Å². The second kappa shape index (κ2) is 4.97. The van der Waals surface area contributed by atoms with Gasteiger partial charge in [0.05, 0.1) is 7.11 Å². The molecule has 0 aliphatic heterocycles. The predicted molar refractivity (Wildman–Crippen MR) is 74.1 cm³/mol. The Balaban J connectivity index is 2.86. The summed E-state index contributed by atoms with van der Waals surface area (Å²) in [5.41, 5.74) is 1.05. The molecule has 0 spiro atoms. The molecule has 0 bridgehead atoms. The second-order valence-corrected chi connectivity index (χ2v) is 4.77. The van der Waals surface area contributed by atoms with Crippen molar-refractivity contribution in [3.8, 4) is 11.5 Å². The fraction of sp³-hybridized carbons (Fsp3) is 0.214. The summed E-state index contributed by atoms with van der Waals surface area (Å²) in [6.07, 6.45) is 0.304. The number of phenolic OH excluding ortho intramolecular Hbond substituents is 1. The number of hydrogen-bond acceptors (Lipinski definition) is 4. The second-order valence-electron chi connectivity index (χ2n) is 4.24. The molecule has 5 heteroatoms. The Morgan fingerprint density at radius 2 is 2.21 bits per heavy atom. The molecule has 0 aliphatic rings. The Morgan fingerprint density at radius 3 is 2.79 bits per heavy atom. The molecule has 0 radical (unpaired) electrons. The lowest BCUT2D eigenvalue weighted by molar-refractivity contribution is 0.366. The van der Waals surface area contributed by atoms with Crippen molar-refractivity contribution >= 4 is 22.6 Å². The maximum absolute atomic E-state index is 11.4. The zero-order chi connectivity index (χ0) is 14.2. The highest BCUT2D eigenvalue weighted by atomic mass is 35.5. The van der Waals surface area contributed by atoms with Crippen LogP contribution in [0.4, 0.5) is 0 Å². The molecule has 0 fully saturated rings. The molecule has 100 valence electrons. The predicted octanol–water partition coefficient (Wildman–Crippen LogP) is 3.11. The zero-order valence-electron chi connectivity index (χ0n) is 10.6. The summed E-state index contributed by atoms with van der Waals surface area (Å²) < 4.78 is 10.2. The van der Waals surface area contributed by atoms with Crippen LogP contribution < -0.4 is 10.4 Å². The Morgan fingerprint density at radius 1 is 1.53 bits per heavy atom. The number of rotatable bonds is 3. The maximum Gasteiger partial charge on any atom is 0.336 e. The van der Waals surface area contributed by atoms with Gasteiger partial charge >= 0.3 is 5.63 Å². The third-order valence-electron chi connectivity index (χ3n) is 2.84. The van der Waals surface area contributed by atoms with Gasteiger partial charge in [0.15, 0.2) is 11.3 Å². The van der Waals surface area contributed by atoms with Gasteiger partial charge in [-0.25, -0.2) is 4.79 Å². The van der Waals surface area contributed by atoms with E-state index in [1.54, 1.807) is 13.0 Å². The molecule has 0 amide bonds. The van der Waals surface area contributed by atoms with E-state index in [-0.39, 0.29) is 17.1 Å². The van der Waals surface area contributed by atoms with Gasteiger partial charge in [0.25, 0.3) is 0 Å². The van der Waals surface area contributed by atoms with Crippen LogP contribution in [-0.2, 0) is 6.42 Å². The first-order chi connectivity index (χ1) is 8.93. The minimum atomic E-state index is -0.489. The van der Waals surface area contributed by atoms with Gasteiger partial charge in [0.1, 0.15) is 0 Å². The molecule has 0 atom stereocenters. The molecule has 1 aromatic carbocycles. The van der Waals surface area contributed by atoms with Gasteiger partial charge in [-0.1, -0.05) is 18.2 Å². The molecule has 4 nitrogen and oxygen atoms in total. The Bertz CT molecular complexity index is 715. The fourth-order valence-electron chi connectivity index (χ4n) is 1.99. The number of halogens is 1. The van der Waals surface area contributed by atoms with Crippen molar-refractivity contribution in [2.75, 3.05) is 7.11 Å². The standard InChI is InChI=1S/C14H13ClO4/c1-7-4-11(16)19-13-10(7)6-9(5-8(2)15)12(17)14(13)18-3/h4,6,17H,2,5H2,1,3H3. The molecule has 1 aromatic heterocycles. The average molecular weight is 281 g/mol. The molecule has 0 unspecified atom stereocenters. The number of aromatic hydroxyl groups is 1. The van der Waals surface area contributed by atoms with Crippen LogP contribution in [0, 0.1) is 6.92 Å². The van der Waals surface area contributed by atoms with E-state index in [9.17, 15) is 9.90 Å². The molecule has 0 aliphatic carbocycles. The van der Waals surface area contributed by atoms with E-state index < -0.39 is 5.63 Å². The van der Waals surface area contributed by atoms with E-state index in [2.05, 4.69) is 6.58 Å². The minimum Gasteiger partial charge on any atom is -0.504 e. The molecule has 2 aromatic rings. The van der Waals surface area contributed by atoms with Crippen LogP contribution in [0.1, 0.15) is 11.1 Å². The highest BCUT2D eigenvalue weighted by Crippen LogP contribution is 2.39. The molecule has 1 N–H and O–H groups in total. The van der Waals surface area contributed by atoms with Gasteiger partial charge < -0.3 is 14.3 Å². The van der Waals surface area contributed by atoms with Crippen molar-refractivity contribution in [3.05, 3.63) is 45.3 Å². The minimum absolute atomic E-state index is 0.0921. The highest BCUT2D eigenvalue weighted by molar-refractivity contribution is 6.29. The van der Waals surface area contributed by atoms with Crippen molar-refractivity contribution in [2.45, 2.75) is 13.3 Å². The molecular formula is C14H13ClO4. The van der Waals surface area contributed by atoms with Crippen molar-refractivity contribution in [3.63, 3.8) is 0 Å². The number of fused-ring (bicyclic) bond motifs is 1. The first-order valence-corrected chi connectivity index (χ1v) is 5.98. The van der Waals surface area contributed by atoms with E-state index in [1.165, 1.54) is 13.2 Å². The molecule has 0 saturated carbocycles. The van der Waals surface area contributed by atoms with Crippen LogP contribution in [0.25, 0.3) is 11.0 Å². The number of ether oxygens (including phenoxy) is 1. The summed E-state index contributed by atoms with van der Waals surface area (Å²) in [6.45, 7) is 5.39. The van der Waals surface area contributed by atoms with Crippen molar-refractivity contribution in [2.24, 2.45) is 0 Å². The van der Waals surface area contributed by atoms with Crippen LogP contribution in [-0.4, -0.2) is 12.2 Å². The molecule has 0 saturated heterocycles. The number of allylic oxidation sites excluding steroid dienone is 1. The molecule has 2 rings (SSSR count). The zero-order valence-corrected chi connectivity index (χ0v) is 11.4. The Hall–Kier alpha value is -1.94. The SMILES string of the molecule is C=C(Cl)Cc1cc2c(C)cc(=O)oc2c(OC)c1O. The number of aryl methyl sites for hydroxylation is 1. The third-order valence-corrected chi connectivity index (χ3v) is 2.97. The first kappa shape index (κ1) is 13.5. The lowest BCUT2D eigenvalue weighted by atomic mass is 10.0. The van der Waals surface area contributed by atoms with Crippen LogP contribution in [0.5, 0.6) is 11.5 Å². The lowest BCUT2D eigenvalue weighted by Gasteiger charge is -2.12. The lowest BCUT2D eigenvalue weighted by Crippen LogP contribution is -2.01. The van der Waals surface area contributed by atoms with E-state index >= 15 is 0 Å². The average Bonchev–Trinajstić information content (AvgIpc) is 2.31. The van der Waals surface area contributed by atoms with Crippen molar-refractivity contribution in [1.29, 1.82) is 0 Å². The van der Waals surface area contributed by atoms with Gasteiger partial charge in [0, 0.05) is 28.5 Å².